The molecule has 0 aromatic rings. The third-order valence-corrected chi connectivity index (χ3v) is 8.67. The Kier molecular flexibility index (Phi) is 17.2. The number of unbranched alkanes of at least 4 members (excludes halogenated alkanes) is 2. The number of allylic oxidation sites excluding steroid dienone is 2. The van der Waals surface area contributed by atoms with Gasteiger partial charge in [0.2, 0.25) is 0 Å². The van der Waals surface area contributed by atoms with Crippen molar-refractivity contribution < 1.29 is 4.74 Å². The Morgan fingerprint density at radius 1 is 0.706 bits per heavy atom. The van der Waals surface area contributed by atoms with Gasteiger partial charge in [-0.15, -0.1) is 0 Å². The minimum absolute atomic E-state index is 0.818. The topological polar surface area (TPSA) is 21.3 Å². The van der Waals surface area contributed by atoms with Crippen molar-refractivity contribution in [3.8, 4) is 0 Å². The quantitative estimate of drug-likeness (QED) is 0.211. The van der Waals surface area contributed by atoms with Crippen LogP contribution in [0, 0.1) is 23.7 Å². The van der Waals surface area contributed by atoms with Gasteiger partial charge in [-0.25, -0.2) is 0 Å². The van der Waals surface area contributed by atoms with Crippen molar-refractivity contribution in [2.75, 3.05) is 19.7 Å². The van der Waals surface area contributed by atoms with Gasteiger partial charge in [0.05, 0.1) is 12.4 Å². The van der Waals surface area contributed by atoms with E-state index >= 15 is 0 Å². The fraction of sp³-hybridized carbons (Fsp3) is 0.938. The maximum atomic E-state index is 5.78. The summed E-state index contributed by atoms with van der Waals surface area (Å²) in [4.78, 5) is 0. The highest BCUT2D eigenvalue weighted by Crippen LogP contribution is 2.35. The second-order valence-electron chi connectivity index (χ2n) is 11.8. The summed E-state index contributed by atoms with van der Waals surface area (Å²) < 4.78 is 5.78. The van der Waals surface area contributed by atoms with Crippen LogP contribution in [0.3, 0.4) is 0 Å². The lowest BCUT2D eigenvalue weighted by molar-refractivity contribution is 0.178. The minimum atomic E-state index is 0.818. The maximum absolute atomic E-state index is 5.78. The van der Waals surface area contributed by atoms with Crippen LogP contribution in [0.1, 0.15) is 149 Å². The van der Waals surface area contributed by atoms with Crippen LogP contribution in [0.4, 0.5) is 0 Å². The van der Waals surface area contributed by atoms with Crippen LogP contribution < -0.4 is 5.32 Å². The molecule has 0 spiro atoms. The Balaban J connectivity index is 0.000000246. The first-order valence-corrected chi connectivity index (χ1v) is 15.8. The fourth-order valence-corrected chi connectivity index (χ4v) is 6.71. The van der Waals surface area contributed by atoms with Crippen LogP contribution >= 0.6 is 0 Å². The minimum Gasteiger partial charge on any atom is -0.499 e. The molecular weight excluding hydrogens is 414 g/mol. The third kappa shape index (κ3) is 13.6. The second-order valence-corrected chi connectivity index (χ2v) is 11.8. The zero-order valence-electron chi connectivity index (χ0n) is 23.6. The first-order valence-electron chi connectivity index (χ1n) is 15.8. The highest BCUT2D eigenvalue weighted by molar-refractivity contribution is 4.95. The summed E-state index contributed by atoms with van der Waals surface area (Å²) in [7, 11) is 0. The van der Waals surface area contributed by atoms with Gasteiger partial charge in [0.15, 0.2) is 0 Å². The zero-order valence-corrected chi connectivity index (χ0v) is 23.6. The highest BCUT2D eigenvalue weighted by Gasteiger charge is 2.22. The Labute approximate surface area is 214 Å². The molecule has 0 aromatic heterocycles. The van der Waals surface area contributed by atoms with Crippen molar-refractivity contribution in [1.82, 2.24) is 5.32 Å². The molecular formula is C32H61NO. The van der Waals surface area contributed by atoms with Crippen molar-refractivity contribution in [2.45, 2.75) is 149 Å². The standard InChI is InChI=1S/C18H34O.C14H27N/c1-4-7-8-11-16-12-9-13-17(14-16)15-18(10-5-2)19-6-3;1-3-7-13(8-4-1)11-15-12-14-9-5-2-6-10-14/h10,16-17H,4-9,11-15H2,1-3H3;13-15H,1-12H2/b18-10+;. The van der Waals surface area contributed by atoms with Crippen molar-refractivity contribution in [3.63, 3.8) is 0 Å². The molecule has 3 aliphatic rings. The van der Waals surface area contributed by atoms with E-state index in [0.29, 0.717) is 0 Å². The Morgan fingerprint density at radius 3 is 1.85 bits per heavy atom. The molecule has 0 saturated heterocycles. The van der Waals surface area contributed by atoms with E-state index in [1.165, 1.54) is 141 Å². The van der Waals surface area contributed by atoms with Crippen molar-refractivity contribution in [3.05, 3.63) is 11.8 Å². The summed E-state index contributed by atoms with van der Waals surface area (Å²) in [6.07, 6.45) is 30.8. The molecule has 0 bridgehead atoms. The summed E-state index contributed by atoms with van der Waals surface area (Å²) in [6.45, 7) is 10.0. The predicted octanol–water partition coefficient (Wildman–Crippen LogP) is 9.83. The predicted molar refractivity (Wildman–Crippen MR) is 150 cm³/mol. The van der Waals surface area contributed by atoms with Crippen LogP contribution in [0.5, 0.6) is 0 Å². The van der Waals surface area contributed by atoms with E-state index in [2.05, 4.69) is 32.2 Å². The molecule has 3 aliphatic carbocycles. The first kappa shape index (κ1) is 29.7. The van der Waals surface area contributed by atoms with Crippen molar-refractivity contribution in [2.24, 2.45) is 23.7 Å². The lowest BCUT2D eigenvalue weighted by Crippen LogP contribution is -2.30. The average Bonchev–Trinajstić information content (AvgIpc) is 2.87. The fourth-order valence-electron chi connectivity index (χ4n) is 6.71. The van der Waals surface area contributed by atoms with E-state index in [1.807, 2.05) is 0 Å². The van der Waals surface area contributed by atoms with Crippen LogP contribution in [0.15, 0.2) is 11.8 Å². The summed E-state index contributed by atoms with van der Waals surface area (Å²) in [5, 5.41) is 3.72. The van der Waals surface area contributed by atoms with E-state index in [0.717, 1.165) is 36.7 Å². The van der Waals surface area contributed by atoms with E-state index in [4.69, 9.17) is 4.74 Å². The molecule has 0 amide bonds. The number of rotatable bonds is 13. The van der Waals surface area contributed by atoms with E-state index in [9.17, 15) is 0 Å². The smallest absolute Gasteiger partial charge is 0.0922 e. The normalized spacial score (nSPS) is 25.0. The highest BCUT2D eigenvalue weighted by atomic mass is 16.5. The van der Waals surface area contributed by atoms with E-state index in [-0.39, 0.29) is 0 Å². The van der Waals surface area contributed by atoms with Gasteiger partial charge in [0.1, 0.15) is 0 Å². The van der Waals surface area contributed by atoms with Crippen LogP contribution in [-0.2, 0) is 4.74 Å². The van der Waals surface area contributed by atoms with Crippen LogP contribution in [-0.4, -0.2) is 19.7 Å². The largest absolute Gasteiger partial charge is 0.499 e. The second kappa shape index (κ2) is 19.7. The summed E-state index contributed by atoms with van der Waals surface area (Å²) in [5.74, 6) is 5.13. The summed E-state index contributed by atoms with van der Waals surface area (Å²) >= 11 is 0. The zero-order chi connectivity index (χ0) is 24.3. The Bertz CT molecular complexity index is 471. The van der Waals surface area contributed by atoms with Gasteiger partial charge >= 0.3 is 0 Å². The number of hydrogen-bond donors (Lipinski definition) is 1. The molecule has 0 heterocycles. The van der Waals surface area contributed by atoms with Gasteiger partial charge in [-0.3, -0.25) is 0 Å². The molecule has 2 atom stereocenters. The van der Waals surface area contributed by atoms with Gasteiger partial charge in [-0.2, -0.15) is 0 Å². The van der Waals surface area contributed by atoms with Crippen LogP contribution in [0.25, 0.3) is 0 Å². The van der Waals surface area contributed by atoms with Gasteiger partial charge in [0, 0.05) is 6.42 Å². The van der Waals surface area contributed by atoms with Gasteiger partial charge in [0.25, 0.3) is 0 Å². The van der Waals surface area contributed by atoms with Crippen molar-refractivity contribution in [1.29, 1.82) is 0 Å². The molecule has 0 radical (unpaired) electrons. The van der Waals surface area contributed by atoms with Crippen molar-refractivity contribution >= 4 is 0 Å². The molecule has 0 aliphatic heterocycles. The monoisotopic (exact) mass is 475 g/mol. The molecule has 2 nitrogen and oxygen atoms in total. The molecule has 1 N–H and O–H groups in total. The SMILES string of the molecule is C1CCC(CNCC2CCCCC2)CC1.CC/C=C(\CC1CCCC(CCCCC)C1)OCC. The van der Waals surface area contributed by atoms with E-state index < -0.39 is 0 Å². The van der Waals surface area contributed by atoms with Gasteiger partial charge < -0.3 is 10.1 Å². The molecule has 2 heteroatoms. The van der Waals surface area contributed by atoms with Gasteiger partial charge in [-0.05, 0) is 94.7 Å². The first-order chi connectivity index (χ1) is 16.7. The maximum Gasteiger partial charge on any atom is 0.0922 e. The van der Waals surface area contributed by atoms with Gasteiger partial charge in [-0.1, -0.05) is 90.9 Å². The molecule has 3 fully saturated rings. The summed E-state index contributed by atoms with van der Waals surface area (Å²) in [6, 6.07) is 0. The molecule has 2 unspecified atom stereocenters. The number of hydrogen-bond acceptors (Lipinski definition) is 2. The Hall–Kier alpha value is -0.500. The van der Waals surface area contributed by atoms with E-state index in [1.54, 1.807) is 0 Å². The number of ether oxygens (including phenoxy) is 1. The molecule has 34 heavy (non-hydrogen) atoms. The lowest BCUT2D eigenvalue weighted by Gasteiger charge is -2.29. The third-order valence-electron chi connectivity index (χ3n) is 8.67. The van der Waals surface area contributed by atoms with Crippen LogP contribution in [0.2, 0.25) is 0 Å². The molecule has 200 valence electrons. The summed E-state index contributed by atoms with van der Waals surface area (Å²) in [5.41, 5.74) is 0. The molecule has 0 aromatic carbocycles. The average molecular weight is 476 g/mol. The molecule has 3 rings (SSSR count). The lowest BCUT2D eigenvalue weighted by atomic mass is 9.77. The Morgan fingerprint density at radius 2 is 1.29 bits per heavy atom. The molecule has 3 saturated carbocycles. The number of nitrogens with one attached hydrogen (secondary N) is 1.